The van der Waals surface area contributed by atoms with E-state index in [0.29, 0.717) is 23.0 Å². The zero-order valence-electron chi connectivity index (χ0n) is 15.7. The molecule has 0 unspecified atom stereocenters. The summed E-state index contributed by atoms with van der Waals surface area (Å²) in [7, 11) is 3.14. The van der Waals surface area contributed by atoms with Crippen LogP contribution in [0.1, 0.15) is 36.8 Å². The Kier molecular flexibility index (Phi) is 6.36. The molecule has 0 aliphatic carbocycles. The van der Waals surface area contributed by atoms with Gasteiger partial charge in [0.1, 0.15) is 5.69 Å². The van der Waals surface area contributed by atoms with Crippen LogP contribution < -0.4 is 15.0 Å². The molecule has 0 saturated heterocycles. The molecule has 2 rings (SSSR count). The Labute approximate surface area is 153 Å². The van der Waals surface area contributed by atoms with E-state index < -0.39 is 0 Å². The van der Waals surface area contributed by atoms with Crippen LogP contribution >= 0.6 is 0 Å². The third-order valence-electron chi connectivity index (χ3n) is 3.30. The van der Waals surface area contributed by atoms with Crippen LogP contribution in [0.2, 0.25) is 0 Å². The quantitative estimate of drug-likeness (QED) is 0.457. The van der Waals surface area contributed by atoms with E-state index in [4.69, 9.17) is 14.3 Å². The Bertz CT molecular complexity index is 795. The molecule has 138 valence electrons. The van der Waals surface area contributed by atoms with Crippen LogP contribution in [0.3, 0.4) is 0 Å². The lowest BCUT2D eigenvalue weighted by molar-refractivity contribution is 0.0367. The van der Waals surface area contributed by atoms with Crippen molar-refractivity contribution in [1.29, 1.82) is 0 Å². The van der Waals surface area contributed by atoms with Gasteiger partial charge in [-0.25, -0.2) is 10.5 Å². The molecule has 1 aromatic heterocycles. The van der Waals surface area contributed by atoms with Gasteiger partial charge >= 0.3 is 0 Å². The molecule has 0 aliphatic rings. The molecule has 6 nitrogen and oxygen atoms in total. The van der Waals surface area contributed by atoms with Crippen molar-refractivity contribution in [3.8, 4) is 11.5 Å². The minimum Gasteiger partial charge on any atom is -0.493 e. The zero-order valence-corrected chi connectivity index (χ0v) is 15.7. The van der Waals surface area contributed by atoms with Gasteiger partial charge in [-0.15, -0.1) is 0 Å². The Morgan fingerprint density at radius 1 is 1.08 bits per heavy atom. The molecule has 1 aromatic carbocycles. The first kappa shape index (κ1) is 19.5. The van der Waals surface area contributed by atoms with Gasteiger partial charge < -0.3 is 9.47 Å². The minimum absolute atomic E-state index is 0.209. The number of carbonyl (C=O) groups excluding carboxylic acids is 1. The van der Waals surface area contributed by atoms with Crippen LogP contribution in [0.25, 0.3) is 6.08 Å². The van der Waals surface area contributed by atoms with E-state index in [1.807, 2.05) is 26.8 Å². The van der Waals surface area contributed by atoms with E-state index in [-0.39, 0.29) is 11.4 Å². The number of ether oxygens (including phenoxy) is 2. The van der Waals surface area contributed by atoms with Crippen LogP contribution in [-0.2, 0) is 4.84 Å². The molecule has 2 aromatic rings. The average molecular weight is 356 g/mol. The van der Waals surface area contributed by atoms with Gasteiger partial charge in [0.25, 0.3) is 0 Å². The first-order valence-corrected chi connectivity index (χ1v) is 8.18. The molecule has 6 heteroatoms. The van der Waals surface area contributed by atoms with Crippen molar-refractivity contribution in [2.24, 2.45) is 0 Å². The standard InChI is InChI=1S/C20H24N2O4/c1-20(2,3)26-22-19-8-6-7-15(21-19)16(23)11-9-14-10-12-17(24-4)18(13-14)25-5/h6-13H,1-5H3,(H,21,22)/b11-9+. The maximum absolute atomic E-state index is 12.4. The second-order valence-electron chi connectivity index (χ2n) is 6.54. The number of hydrogen-bond donors (Lipinski definition) is 1. The fraction of sp³-hybridized carbons (Fsp3) is 0.300. The van der Waals surface area contributed by atoms with E-state index in [1.165, 1.54) is 6.08 Å². The van der Waals surface area contributed by atoms with Crippen LogP contribution in [0.5, 0.6) is 11.5 Å². The second kappa shape index (κ2) is 8.49. The first-order chi connectivity index (χ1) is 12.3. The molecular weight excluding hydrogens is 332 g/mol. The summed E-state index contributed by atoms with van der Waals surface area (Å²) < 4.78 is 10.5. The summed E-state index contributed by atoms with van der Waals surface area (Å²) in [5, 5.41) is 0. The molecule has 0 aliphatic heterocycles. The summed E-state index contributed by atoms with van der Waals surface area (Å²) in [6.45, 7) is 5.75. The molecule has 1 N–H and O–H groups in total. The van der Waals surface area contributed by atoms with Crippen molar-refractivity contribution in [2.45, 2.75) is 26.4 Å². The number of nitrogens with zero attached hydrogens (tertiary/aromatic N) is 1. The minimum atomic E-state index is -0.366. The van der Waals surface area contributed by atoms with Crippen LogP contribution in [-0.4, -0.2) is 30.6 Å². The molecule has 0 amide bonds. The van der Waals surface area contributed by atoms with E-state index in [0.717, 1.165) is 5.56 Å². The molecule has 0 radical (unpaired) electrons. The van der Waals surface area contributed by atoms with E-state index in [2.05, 4.69) is 10.5 Å². The molecule has 1 heterocycles. The number of rotatable bonds is 7. The van der Waals surface area contributed by atoms with Crippen molar-refractivity contribution < 1.29 is 19.1 Å². The molecule has 0 bridgehead atoms. The van der Waals surface area contributed by atoms with Crippen LogP contribution in [0.15, 0.2) is 42.5 Å². The smallest absolute Gasteiger partial charge is 0.204 e. The highest BCUT2D eigenvalue weighted by molar-refractivity contribution is 6.05. The Hall–Kier alpha value is -2.86. The van der Waals surface area contributed by atoms with Crippen molar-refractivity contribution in [1.82, 2.24) is 4.98 Å². The highest BCUT2D eigenvalue weighted by atomic mass is 16.7. The lowest BCUT2D eigenvalue weighted by Crippen LogP contribution is -2.23. The third-order valence-corrected chi connectivity index (χ3v) is 3.30. The summed E-state index contributed by atoms with van der Waals surface area (Å²) in [6, 6.07) is 10.6. The third kappa shape index (κ3) is 5.60. The topological polar surface area (TPSA) is 69.7 Å². The summed E-state index contributed by atoms with van der Waals surface area (Å²) in [4.78, 5) is 22.1. The number of carbonyl (C=O) groups is 1. The Balaban J connectivity index is 2.11. The van der Waals surface area contributed by atoms with Gasteiger partial charge in [0.2, 0.25) is 5.78 Å². The SMILES string of the molecule is COc1ccc(/C=C/C(=O)c2cccc(NOC(C)(C)C)n2)cc1OC. The largest absolute Gasteiger partial charge is 0.493 e. The predicted octanol–water partition coefficient (Wildman–Crippen LogP) is 4.14. The number of anilines is 1. The lowest BCUT2D eigenvalue weighted by Gasteiger charge is -2.19. The molecule has 26 heavy (non-hydrogen) atoms. The summed E-state index contributed by atoms with van der Waals surface area (Å²) in [5.41, 5.74) is 3.54. The van der Waals surface area contributed by atoms with E-state index in [9.17, 15) is 4.79 Å². The first-order valence-electron chi connectivity index (χ1n) is 8.18. The Morgan fingerprint density at radius 3 is 2.46 bits per heavy atom. The number of pyridine rings is 1. The Morgan fingerprint density at radius 2 is 1.81 bits per heavy atom. The average Bonchev–Trinajstić information content (AvgIpc) is 2.63. The summed E-state index contributed by atoms with van der Waals surface area (Å²) in [5.74, 6) is 1.51. The van der Waals surface area contributed by atoms with Crippen LogP contribution in [0, 0.1) is 0 Å². The highest BCUT2D eigenvalue weighted by Gasteiger charge is 2.12. The molecule has 0 saturated carbocycles. The van der Waals surface area contributed by atoms with Crippen molar-refractivity contribution in [3.63, 3.8) is 0 Å². The van der Waals surface area contributed by atoms with Crippen molar-refractivity contribution in [2.75, 3.05) is 19.7 Å². The van der Waals surface area contributed by atoms with Crippen molar-refractivity contribution in [3.05, 3.63) is 53.7 Å². The van der Waals surface area contributed by atoms with E-state index in [1.54, 1.807) is 50.6 Å². The second-order valence-corrected chi connectivity index (χ2v) is 6.54. The van der Waals surface area contributed by atoms with Crippen LogP contribution in [0.4, 0.5) is 5.82 Å². The monoisotopic (exact) mass is 356 g/mol. The molecule has 0 spiro atoms. The maximum atomic E-state index is 12.4. The highest BCUT2D eigenvalue weighted by Crippen LogP contribution is 2.28. The van der Waals surface area contributed by atoms with Gasteiger partial charge in [-0.2, -0.15) is 0 Å². The van der Waals surface area contributed by atoms with Gasteiger partial charge in [-0.05, 0) is 56.7 Å². The molecule has 0 fully saturated rings. The lowest BCUT2D eigenvalue weighted by atomic mass is 10.1. The number of aromatic nitrogens is 1. The maximum Gasteiger partial charge on any atom is 0.204 e. The van der Waals surface area contributed by atoms with Gasteiger partial charge in [-0.1, -0.05) is 18.2 Å². The number of nitrogens with one attached hydrogen (secondary N) is 1. The van der Waals surface area contributed by atoms with Gasteiger partial charge in [0, 0.05) is 0 Å². The number of hydrogen-bond acceptors (Lipinski definition) is 6. The summed E-state index contributed by atoms with van der Waals surface area (Å²) in [6.07, 6.45) is 3.18. The fourth-order valence-corrected chi connectivity index (χ4v) is 2.05. The zero-order chi connectivity index (χ0) is 19.2. The van der Waals surface area contributed by atoms with Gasteiger partial charge in [0.05, 0.1) is 19.8 Å². The summed E-state index contributed by atoms with van der Waals surface area (Å²) >= 11 is 0. The number of methoxy groups -OCH3 is 2. The number of allylic oxidation sites excluding steroid dienone is 1. The molecule has 0 atom stereocenters. The molecular formula is C20H24N2O4. The predicted molar refractivity (Wildman–Crippen MR) is 102 cm³/mol. The van der Waals surface area contributed by atoms with Crippen molar-refractivity contribution >= 4 is 17.7 Å². The fourth-order valence-electron chi connectivity index (χ4n) is 2.05. The van der Waals surface area contributed by atoms with E-state index >= 15 is 0 Å². The van der Waals surface area contributed by atoms with Gasteiger partial charge in [-0.3, -0.25) is 9.63 Å². The normalized spacial score (nSPS) is 11.4. The number of benzene rings is 1. The van der Waals surface area contributed by atoms with Gasteiger partial charge in [0.15, 0.2) is 17.3 Å². The number of ketones is 1.